The first-order valence-corrected chi connectivity index (χ1v) is 6.19. The molecule has 0 fully saturated rings. The van der Waals surface area contributed by atoms with Crippen LogP contribution in [0.25, 0.3) is 22.4 Å². The van der Waals surface area contributed by atoms with Crippen LogP contribution in [0.2, 0.25) is 0 Å². The molecule has 19 heavy (non-hydrogen) atoms. The normalized spacial score (nSPS) is 10.6. The lowest BCUT2D eigenvalue weighted by Gasteiger charge is -2.11. The van der Waals surface area contributed by atoms with E-state index in [0.717, 1.165) is 11.3 Å². The van der Waals surface area contributed by atoms with Crippen molar-refractivity contribution in [1.82, 2.24) is 9.78 Å². The summed E-state index contributed by atoms with van der Waals surface area (Å²) in [6, 6.07) is 18.6. The summed E-state index contributed by atoms with van der Waals surface area (Å²) in [6.07, 6.45) is 1.69. The fraction of sp³-hybridized carbons (Fsp3) is 0.0625. The molecular weight excluding hydrogens is 234 g/mol. The molecule has 1 aromatic heterocycles. The topological polar surface area (TPSA) is 43.8 Å². The van der Waals surface area contributed by atoms with Crippen molar-refractivity contribution in [2.45, 2.75) is 0 Å². The standard InChI is InChI=1S/C16H15N3/c1-19-16(15(17)11-18-19)14-10-6-5-9-13(14)12-7-3-2-4-8-12/h2-11H,17H2,1H3. The fourth-order valence-electron chi connectivity index (χ4n) is 2.34. The Balaban J connectivity index is 2.24. The maximum atomic E-state index is 6.04. The van der Waals surface area contributed by atoms with Crippen LogP contribution in [0.1, 0.15) is 0 Å². The van der Waals surface area contributed by atoms with E-state index in [-0.39, 0.29) is 0 Å². The molecule has 1 heterocycles. The summed E-state index contributed by atoms with van der Waals surface area (Å²) in [5.41, 5.74) is 11.1. The molecule has 94 valence electrons. The first-order valence-electron chi connectivity index (χ1n) is 6.19. The molecule has 0 aliphatic carbocycles. The van der Waals surface area contributed by atoms with Crippen molar-refractivity contribution in [1.29, 1.82) is 0 Å². The lowest BCUT2D eigenvalue weighted by Crippen LogP contribution is -1.97. The Bertz CT molecular complexity index is 680. The van der Waals surface area contributed by atoms with Gasteiger partial charge >= 0.3 is 0 Å². The molecule has 3 heteroatoms. The van der Waals surface area contributed by atoms with Gasteiger partial charge in [0.15, 0.2) is 0 Å². The number of hydrogen-bond donors (Lipinski definition) is 1. The van der Waals surface area contributed by atoms with E-state index in [1.807, 2.05) is 42.1 Å². The van der Waals surface area contributed by atoms with Crippen LogP contribution in [0.4, 0.5) is 5.69 Å². The first-order chi connectivity index (χ1) is 9.27. The molecule has 0 aliphatic rings. The fourth-order valence-corrected chi connectivity index (χ4v) is 2.34. The van der Waals surface area contributed by atoms with Gasteiger partial charge in [0.2, 0.25) is 0 Å². The second-order valence-corrected chi connectivity index (χ2v) is 4.48. The van der Waals surface area contributed by atoms with Crippen molar-refractivity contribution in [3.05, 3.63) is 60.8 Å². The van der Waals surface area contributed by atoms with Gasteiger partial charge in [-0.1, -0.05) is 54.6 Å². The number of aryl methyl sites for hydroxylation is 1. The van der Waals surface area contributed by atoms with Crippen molar-refractivity contribution in [2.75, 3.05) is 5.73 Å². The predicted molar refractivity (Wildman–Crippen MR) is 78.5 cm³/mol. The van der Waals surface area contributed by atoms with Gasteiger partial charge in [-0.3, -0.25) is 4.68 Å². The second-order valence-electron chi connectivity index (χ2n) is 4.48. The number of aromatic nitrogens is 2. The van der Waals surface area contributed by atoms with E-state index < -0.39 is 0 Å². The number of anilines is 1. The Morgan fingerprint density at radius 1 is 0.895 bits per heavy atom. The van der Waals surface area contributed by atoms with Gasteiger partial charge < -0.3 is 5.73 Å². The van der Waals surface area contributed by atoms with E-state index in [1.54, 1.807) is 6.20 Å². The molecule has 0 unspecified atom stereocenters. The molecule has 0 amide bonds. The highest BCUT2D eigenvalue weighted by Gasteiger charge is 2.13. The van der Waals surface area contributed by atoms with Gasteiger partial charge in [-0.05, 0) is 11.1 Å². The van der Waals surface area contributed by atoms with Crippen LogP contribution in [0.15, 0.2) is 60.8 Å². The van der Waals surface area contributed by atoms with Crippen LogP contribution in [0.5, 0.6) is 0 Å². The molecule has 0 spiro atoms. The summed E-state index contributed by atoms with van der Waals surface area (Å²) >= 11 is 0. The summed E-state index contributed by atoms with van der Waals surface area (Å²) in [5.74, 6) is 0. The number of nitrogens with zero attached hydrogens (tertiary/aromatic N) is 2. The van der Waals surface area contributed by atoms with Crippen molar-refractivity contribution < 1.29 is 0 Å². The third-order valence-corrected chi connectivity index (χ3v) is 3.23. The predicted octanol–water partition coefficient (Wildman–Crippen LogP) is 3.34. The molecule has 0 saturated carbocycles. The average Bonchev–Trinajstić information content (AvgIpc) is 2.79. The molecule has 2 N–H and O–H groups in total. The van der Waals surface area contributed by atoms with Crippen LogP contribution in [0.3, 0.4) is 0 Å². The quantitative estimate of drug-likeness (QED) is 0.757. The monoisotopic (exact) mass is 249 g/mol. The molecule has 3 nitrogen and oxygen atoms in total. The molecule has 0 aliphatic heterocycles. The minimum Gasteiger partial charge on any atom is -0.396 e. The zero-order chi connectivity index (χ0) is 13.2. The largest absolute Gasteiger partial charge is 0.396 e. The molecule has 2 aromatic carbocycles. The Hall–Kier alpha value is -2.55. The molecule has 0 radical (unpaired) electrons. The molecule has 0 atom stereocenters. The van der Waals surface area contributed by atoms with Gasteiger partial charge in [0, 0.05) is 12.6 Å². The van der Waals surface area contributed by atoms with E-state index in [4.69, 9.17) is 5.73 Å². The van der Waals surface area contributed by atoms with E-state index in [0.29, 0.717) is 5.69 Å². The zero-order valence-electron chi connectivity index (χ0n) is 10.7. The number of rotatable bonds is 2. The summed E-state index contributed by atoms with van der Waals surface area (Å²) in [5, 5.41) is 4.22. The van der Waals surface area contributed by atoms with Crippen LogP contribution >= 0.6 is 0 Å². The number of nitrogen functional groups attached to an aromatic ring is 1. The van der Waals surface area contributed by atoms with Gasteiger partial charge in [0.05, 0.1) is 17.6 Å². The van der Waals surface area contributed by atoms with Crippen molar-refractivity contribution >= 4 is 5.69 Å². The first kappa shape index (κ1) is 11.5. The van der Waals surface area contributed by atoms with E-state index in [1.165, 1.54) is 11.1 Å². The van der Waals surface area contributed by atoms with Gasteiger partial charge in [0.1, 0.15) is 0 Å². The van der Waals surface area contributed by atoms with E-state index >= 15 is 0 Å². The van der Waals surface area contributed by atoms with Crippen molar-refractivity contribution in [3.63, 3.8) is 0 Å². The smallest absolute Gasteiger partial charge is 0.0914 e. The van der Waals surface area contributed by atoms with Gasteiger partial charge in [-0.15, -0.1) is 0 Å². The highest BCUT2D eigenvalue weighted by Crippen LogP contribution is 2.34. The minimum atomic E-state index is 0.700. The van der Waals surface area contributed by atoms with E-state index in [9.17, 15) is 0 Å². The zero-order valence-corrected chi connectivity index (χ0v) is 10.7. The van der Waals surface area contributed by atoms with Crippen molar-refractivity contribution in [2.24, 2.45) is 7.05 Å². The molecule has 0 bridgehead atoms. The van der Waals surface area contributed by atoms with Gasteiger partial charge in [0.25, 0.3) is 0 Å². The maximum Gasteiger partial charge on any atom is 0.0914 e. The van der Waals surface area contributed by atoms with Crippen LogP contribution < -0.4 is 5.73 Å². The van der Waals surface area contributed by atoms with Crippen LogP contribution in [-0.2, 0) is 7.05 Å². The number of hydrogen-bond acceptors (Lipinski definition) is 2. The Morgan fingerprint density at radius 3 is 2.16 bits per heavy atom. The Labute approximate surface area is 112 Å². The van der Waals surface area contributed by atoms with E-state index in [2.05, 4.69) is 29.4 Å². The summed E-state index contributed by atoms with van der Waals surface area (Å²) < 4.78 is 1.82. The third kappa shape index (κ3) is 1.99. The van der Waals surface area contributed by atoms with Crippen molar-refractivity contribution in [3.8, 4) is 22.4 Å². The second kappa shape index (κ2) is 4.61. The average molecular weight is 249 g/mol. The summed E-state index contributed by atoms with van der Waals surface area (Å²) in [7, 11) is 1.91. The molecule has 3 aromatic rings. The molecule has 0 saturated heterocycles. The maximum absolute atomic E-state index is 6.04. The Kier molecular flexibility index (Phi) is 2.80. The SMILES string of the molecule is Cn1ncc(N)c1-c1ccccc1-c1ccccc1. The lowest BCUT2D eigenvalue weighted by molar-refractivity contribution is 0.776. The number of nitrogens with two attached hydrogens (primary N) is 1. The Morgan fingerprint density at radius 2 is 1.53 bits per heavy atom. The summed E-state index contributed by atoms with van der Waals surface area (Å²) in [4.78, 5) is 0. The number of benzene rings is 2. The highest BCUT2D eigenvalue weighted by atomic mass is 15.3. The minimum absolute atomic E-state index is 0.700. The highest BCUT2D eigenvalue weighted by molar-refractivity contribution is 5.86. The van der Waals surface area contributed by atoms with Gasteiger partial charge in [-0.2, -0.15) is 5.10 Å². The molecule has 3 rings (SSSR count). The third-order valence-electron chi connectivity index (χ3n) is 3.23. The molecular formula is C16H15N3. The lowest BCUT2D eigenvalue weighted by atomic mass is 9.97. The summed E-state index contributed by atoms with van der Waals surface area (Å²) in [6.45, 7) is 0. The van der Waals surface area contributed by atoms with Gasteiger partial charge in [-0.25, -0.2) is 0 Å². The van der Waals surface area contributed by atoms with Crippen LogP contribution in [0, 0.1) is 0 Å². The van der Waals surface area contributed by atoms with Crippen LogP contribution in [-0.4, -0.2) is 9.78 Å².